The molecule has 2 amide bonds. The Hall–Kier alpha value is -4.05. The second-order valence-corrected chi connectivity index (χ2v) is 11.9. The molecule has 3 rings (SSSR count). The van der Waals surface area contributed by atoms with Crippen molar-refractivity contribution in [3.8, 4) is 11.5 Å². The van der Waals surface area contributed by atoms with Gasteiger partial charge in [0.2, 0.25) is 21.8 Å². The highest BCUT2D eigenvalue weighted by Gasteiger charge is 2.30. The first-order valence-corrected chi connectivity index (χ1v) is 15.9. The van der Waals surface area contributed by atoms with E-state index in [4.69, 9.17) is 9.47 Å². The van der Waals surface area contributed by atoms with E-state index in [1.54, 1.807) is 43.4 Å². The Morgan fingerprint density at radius 1 is 0.881 bits per heavy atom. The molecular formula is C32H41N3O6S. The molecule has 0 bridgehead atoms. The maximum Gasteiger partial charge on any atom is 0.243 e. The molecule has 0 aromatic heterocycles. The molecule has 3 aromatic rings. The lowest BCUT2D eigenvalue weighted by atomic mass is 10.0. The number of hydrogen-bond acceptors (Lipinski definition) is 6. The quantitative estimate of drug-likeness (QED) is 0.263. The molecule has 226 valence electrons. The number of amides is 2. The summed E-state index contributed by atoms with van der Waals surface area (Å²) in [6.07, 6.45) is 2.56. The van der Waals surface area contributed by atoms with Crippen molar-refractivity contribution in [1.29, 1.82) is 0 Å². The number of nitrogens with zero attached hydrogens (tertiary/aromatic N) is 2. The molecule has 0 spiro atoms. The Bertz CT molecular complexity index is 1400. The Morgan fingerprint density at radius 3 is 2.17 bits per heavy atom. The van der Waals surface area contributed by atoms with E-state index in [0.717, 1.165) is 23.8 Å². The van der Waals surface area contributed by atoms with Crippen molar-refractivity contribution in [2.45, 2.75) is 45.2 Å². The summed E-state index contributed by atoms with van der Waals surface area (Å²) in [4.78, 5) is 29.0. The molecular weight excluding hydrogens is 554 g/mol. The van der Waals surface area contributed by atoms with Gasteiger partial charge in [0.1, 0.15) is 17.5 Å². The summed E-state index contributed by atoms with van der Waals surface area (Å²) in [5.74, 6) is 0.793. The molecule has 0 aliphatic carbocycles. The number of carbonyl (C=O) groups excluding carboxylic acids is 2. The lowest BCUT2D eigenvalue weighted by Gasteiger charge is -2.32. The van der Waals surface area contributed by atoms with Crippen LogP contribution < -0.4 is 19.1 Å². The van der Waals surface area contributed by atoms with Gasteiger partial charge in [-0.05, 0) is 60.4 Å². The molecule has 0 heterocycles. The SMILES string of the molecule is CCCNC(=O)[C@H](Cc1ccccc1)N(Cc1cccc(OC)c1)C(=O)CCCN(c1ccc(OC)cc1)S(C)(=O)=O. The van der Waals surface area contributed by atoms with E-state index in [0.29, 0.717) is 30.2 Å². The summed E-state index contributed by atoms with van der Waals surface area (Å²) >= 11 is 0. The lowest BCUT2D eigenvalue weighted by Crippen LogP contribution is -2.50. The average Bonchev–Trinajstić information content (AvgIpc) is 2.99. The number of nitrogens with one attached hydrogen (secondary N) is 1. The van der Waals surface area contributed by atoms with Crippen LogP contribution in [0.15, 0.2) is 78.9 Å². The summed E-state index contributed by atoms with van der Waals surface area (Å²) < 4.78 is 37.1. The summed E-state index contributed by atoms with van der Waals surface area (Å²) in [5.41, 5.74) is 2.24. The van der Waals surface area contributed by atoms with E-state index >= 15 is 0 Å². The molecule has 0 fully saturated rings. The normalized spacial score (nSPS) is 11.8. The first-order chi connectivity index (χ1) is 20.2. The van der Waals surface area contributed by atoms with Gasteiger partial charge < -0.3 is 19.7 Å². The Kier molecular flexibility index (Phi) is 12.2. The predicted molar refractivity (Wildman–Crippen MR) is 165 cm³/mol. The molecule has 3 aromatic carbocycles. The van der Waals surface area contributed by atoms with Crippen LogP contribution in [-0.4, -0.2) is 64.7 Å². The minimum Gasteiger partial charge on any atom is -0.497 e. The molecule has 9 nitrogen and oxygen atoms in total. The van der Waals surface area contributed by atoms with Crippen LogP contribution in [0.2, 0.25) is 0 Å². The topological polar surface area (TPSA) is 105 Å². The fourth-order valence-electron chi connectivity index (χ4n) is 4.64. The van der Waals surface area contributed by atoms with E-state index in [-0.39, 0.29) is 37.7 Å². The Balaban J connectivity index is 1.87. The third-order valence-corrected chi connectivity index (χ3v) is 8.01. The standard InChI is InChI=1S/C32H41N3O6S/c1-5-20-33-32(37)30(23-25-11-7-6-8-12-25)34(24-26-13-9-14-29(22-26)41-3)31(36)15-10-21-35(42(4,38)39)27-16-18-28(40-2)19-17-27/h6-9,11-14,16-19,22,30H,5,10,15,20-21,23-24H2,1-4H3,(H,33,37)/t30-/m0/s1. The van der Waals surface area contributed by atoms with Gasteiger partial charge in [-0.25, -0.2) is 8.42 Å². The zero-order valence-corrected chi connectivity index (χ0v) is 25.6. The van der Waals surface area contributed by atoms with E-state index < -0.39 is 16.1 Å². The van der Waals surface area contributed by atoms with Crippen LogP contribution in [-0.2, 0) is 32.6 Å². The monoisotopic (exact) mass is 595 g/mol. The number of benzene rings is 3. The highest BCUT2D eigenvalue weighted by molar-refractivity contribution is 7.92. The molecule has 1 N–H and O–H groups in total. The third kappa shape index (κ3) is 9.51. The number of anilines is 1. The van der Waals surface area contributed by atoms with E-state index in [9.17, 15) is 18.0 Å². The highest BCUT2D eigenvalue weighted by Crippen LogP contribution is 2.23. The van der Waals surface area contributed by atoms with Crippen LogP contribution in [0.25, 0.3) is 0 Å². The van der Waals surface area contributed by atoms with Crippen LogP contribution in [0, 0.1) is 0 Å². The number of rotatable bonds is 16. The van der Waals surface area contributed by atoms with Crippen molar-refractivity contribution >= 4 is 27.5 Å². The minimum absolute atomic E-state index is 0.0541. The fourth-order valence-corrected chi connectivity index (χ4v) is 5.61. The summed E-state index contributed by atoms with van der Waals surface area (Å²) in [7, 11) is -0.483. The van der Waals surface area contributed by atoms with E-state index in [1.807, 2.05) is 61.5 Å². The summed E-state index contributed by atoms with van der Waals surface area (Å²) in [6.45, 7) is 2.77. The molecule has 1 atom stereocenters. The van der Waals surface area contributed by atoms with Gasteiger partial charge in [-0.2, -0.15) is 0 Å². The van der Waals surface area contributed by atoms with Gasteiger partial charge in [-0.3, -0.25) is 13.9 Å². The van der Waals surface area contributed by atoms with Crippen LogP contribution in [0.1, 0.15) is 37.3 Å². The van der Waals surface area contributed by atoms with Gasteiger partial charge >= 0.3 is 0 Å². The number of hydrogen-bond donors (Lipinski definition) is 1. The van der Waals surface area contributed by atoms with Crippen molar-refractivity contribution in [3.63, 3.8) is 0 Å². The fraction of sp³-hybridized carbons (Fsp3) is 0.375. The lowest BCUT2D eigenvalue weighted by molar-refractivity contribution is -0.141. The van der Waals surface area contributed by atoms with Crippen molar-refractivity contribution in [1.82, 2.24) is 10.2 Å². The molecule has 0 aliphatic heterocycles. The van der Waals surface area contributed by atoms with Crippen molar-refractivity contribution in [3.05, 3.63) is 90.0 Å². The zero-order chi connectivity index (χ0) is 30.5. The summed E-state index contributed by atoms with van der Waals surface area (Å²) in [6, 6.07) is 23.0. The van der Waals surface area contributed by atoms with E-state index in [2.05, 4.69) is 5.32 Å². The molecule has 0 saturated carbocycles. The van der Waals surface area contributed by atoms with Crippen LogP contribution >= 0.6 is 0 Å². The van der Waals surface area contributed by atoms with Crippen molar-refractivity contribution in [2.75, 3.05) is 37.9 Å². The molecule has 10 heteroatoms. The zero-order valence-electron chi connectivity index (χ0n) is 24.8. The van der Waals surface area contributed by atoms with Gasteiger partial charge in [0.25, 0.3) is 0 Å². The number of methoxy groups -OCH3 is 2. The molecule has 0 unspecified atom stereocenters. The predicted octanol–water partition coefficient (Wildman–Crippen LogP) is 4.42. The molecule has 0 radical (unpaired) electrons. The summed E-state index contributed by atoms with van der Waals surface area (Å²) in [5, 5.41) is 2.97. The smallest absolute Gasteiger partial charge is 0.243 e. The maximum absolute atomic E-state index is 13.9. The van der Waals surface area contributed by atoms with Gasteiger partial charge in [0, 0.05) is 32.5 Å². The maximum atomic E-state index is 13.9. The number of sulfonamides is 1. The van der Waals surface area contributed by atoms with Gasteiger partial charge in [0.15, 0.2) is 0 Å². The molecule has 0 aliphatic rings. The van der Waals surface area contributed by atoms with Crippen molar-refractivity contribution < 1.29 is 27.5 Å². The number of ether oxygens (including phenoxy) is 2. The second-order valence-electron chi connectivity index (χ2n) is 10.0. The first-order valence-electron chi connectivity index (χ1n) is 14.0. The third-order valence-electron chi connectivity index (χ3n) is 6.82. The largest absolute Gasteiger partial charge is 0.497 e. The Morgan fingerprint density at radius 2 is 1.55 bits per heavy atom. The first kappa shape index (κ1) is 32.5. The Labute approximate surface area is 249 Å². The average molecular weight is 596 g/mol. The van der Waals surface area contributed by atoms with Crippen LogP contribution in [0.3, 0.4) is 0 Å². The van der Waals surface area contributed by atoms with Gasteiger partial charge in [-0.15, -0.1) is 0 Å². The molecule has 42 heavy (non-hydrogen) atoms. The highest BCUT2D eigenvalue weighted by atomic mass is 32.2. The van der Waals surface area contributed by atoms with Gasteiger partial charge in [0.05, 0.1) is 26.2 Å². The number of carbonyl (C=O) groups is 2. The second kappa shape index (κ2) is 15.8. The van der Waals surface area contributed by atoms with E-state index in [1.165, 1.54) is 4.31 Å². The van der Waals surface area contributed by atoms with Gasteiger partial charge in [-0.1, -0.05) is 49.4 Å². The minimum atomic E-state index is -3.60. The molecule has 0 saturated heterocycles. The van der Waals surface area contributed by atoms with Crippen molar-refractivity contribution in [2.24, 2.45) is 0 Å². The van der Waals surface area contributed by atoms with Crippen LogP contribution in [0.4, 0.5) is 5.69 Å². The van der Waals surface area contributed by atoms with Crippen LogP contribution in [0.5, 0.6) is 11.5 Å².